The lowest BCUT2D eigenvalue weighted by Crippen LogP contribution is -2.29. The van der Waals surface area contributed by atoms with Crippen LogP contribution in [0.1, 0.15) is 26.4 Å². The Labute approximate surface area is 129 Å². The number of hydrogen-bond donors (Lipinski definition) is 0. The molecule has 0 fully saturated rings. The van der Waals surface area contributed by atoms with Crippen molar-refractivity contribution in [3.05, 3.63) is 57.8 Å². The van der Waals surface area contributed by atoms with E-state index in [1.807, 2.05) is 0 Å². The van der Waals surface area contributed by atoms with Crippen LogP contribution < -0.4 is 4.74 Å². The summed E-state index contributed by atoms with van der Waals surface area (Å²) in [5.74, 6) is -0.0754. The third kappa shape index (κ3) is 2.31. The Hall–Kier alpha value is -2.21. The maximum Gasteiger partial charge on any atom is 0.261 e. The van der Waals surface area contributed by atoms with Crippen molar-refractivity contribution in [1.82, 2.24) is 9.88 Å². The van der Waals surface area contributed by atoms with Gasteiger partial charge in [0.1, 0.15) is 16.0 Å². The van der Waals surface area contributed by atoms with E-state index in [1.54, 1.807) is 36.4 Å². The highest BCUT2D eigenvalue weighted by Crippen LogP contribution is 2.27. The molecule has 1 aromatic carbocycles. The number of pyridine rings is 1. The molecule has 3 rings (SSSR count). The molecule has 1 aliphatic heterocycles. The molecule has 0 aliphatic carbocycles. The zero-order chi connectivity index (χ0) is 15.0. The van der Waals surface area contributed by atoms with Crippen LogP contribution in [0, 0.1) is 0 Å². The van der Waals surface area contributed by atoms with E-state index >= 15 is 0 Å². The van der Waals surface area contributed by atoms with Gasteiger partial charge in [0.25, 0.3) is 11.8 Å². The molecule has 0 atom stereocenters. The van der Waals surface area contributed by atoms with Gasteiger partial charge < -0.3 is 4.74 Å². The molecule has 106 valence electrons. The molecule has 2 amide bonds. The minimum absolute atomic E-state index is 0.0783. The molecule has 0 saturated heterocycles. The summed E-state index contributed by atoms with van der Waals surface area (Å²) in [6.45, 7) is 0.0783. The number of halogens is 1. The topological polar surface area (TPSA) is 59.5 Å². The van der Waals surface area contributed by atoms with Gasteiger partial charge in [-0.15, -0.1) is 0 Å². The van der Waals surface area contributed by atoms with Gasteiger partial charge in [-0.2, -0.15) is 0 Å². The van der Waals surface area contributed by atoms with Crippen LogP contribution in [0.25, 0.3) is 0 Å². The SMILES string of the molecule is COc1ccc(Br)nc1CN1C(=O)c2ccccc2C1=O. The summed E-state index contributed by atoms with van der Waals surface area (Å²) in [6.07, 6.45) is 0. The second-order valence-electron chi connectivity index (χ2n) is 4.52. The second-order valence-corrected chi connectivity index (χ2v) is 5.34. The standard InChI is InChI=1S/C15H11BrN2O3/c1-21-12-6-7-13(16)17-11(12)8-18-14(19)9-4-2-3-5-10(9)15(18)20/h2-7H,8H2,1H3. The third-order valence-electron chi connectivity index (χ3n) is 3.30. The molecule has 0 spiro atoms. The molecule has 0 radical (unpaired) electrons. The number of carbonyl (C=O) groups is 2. The zero-order valence-electron chi connectivity index (χ0n) is 11.2. The number of benzene rings is 1. The summed E-state index contributed by atoms with van der Waals surface area (Å²) >= 11 is 3.28. The number of rotatable bonds is 3. The summed E-state index contributed by atoms with van der Waals surface area (Å²) in [5, 5.41) is 0. The fourth-order valence-electron chi connectivity index (χ4n) is 2.29. The minimum Gasteiger partial charge on any atom is -0.495 e. The molecule has 0 N–H and O–H groups in total. The van der Waals surface area contributed by atoms with Crippen LogP contribution >= 0.6 is 15.9 Å². The monoisotopic (exact) mass is 346 g/mol. The van der Waals surface area contributed by atoms with E-state index in [2.05, 4.69) is 20.9 Å². The number of ether oxygens (including phenoxy) is 1. The molecule has 1 aromatic heterocycles. The van der Waals surface area contributed by atoms with Crippen LogP contribution in [0.4, 0.5) is 0 Å². The Bertz CT molecular complexity index is 710. The van der Waals surface area contributed by atoms with E-state index in [0.717, 1.165) is 0 Å². The maximum atomic E-state index is 12.3. The fourth-order valence-corrected chi connectivity index (χ4v) is 2.64. The first-order valence-electron chi connectivity index (χ1n) is 6.26. The predicted octanol–water partition coefficient (Wildman–Crippen LogP) is 2.65. The lowest BCUT2D eigenvalue weighted by molar-refractivity contribution is 0.0639. The van der Waals surface area contributed by atoms with Crippen LogP contribution in [0.3, 0.4) is 0 Å². The number of amides is 2. The van der Waals surface area contributed by atoms with Crippen LogP contribution in [0.2, 0.25) is 0 Å². The van der Waals surface area contributed by atoms with Gasteiger partial charge in [0.2, 0.25) is 0 Å². The molecule has 6 heteroatoms. The van der Waals surface area contributed by atoms with E-state index in [4.69, 9.17) is 4.74 Å². The first-order valence-corrected chi connectivity index (χ1v) is 7.05. The van der Waals surface area contributed by atoms with E-state index in [1.165, 1.54) is 12.0 Å². The fraction of sp³-hybridized carbons (Fsp3) is 0.133. The Morgan fingerprint density at radius 3 is 2.29 bits per heavy atom. The summed E-state index contributed by atoms with van der Waals surface area (Å²) in [5.41, 5.74) is 1.38. The van der Waals surface area contributed by atoms with Gasteiger partial charge in [0.15, 0.2) is 0 Å². The summed E-state index contributed by atoms with van der Waals surface area (Å²) in [7, 11) is 1.52. The highest BCUT2D eigenvalue weighted by molar-refractivity contribution is 9.10. The molecule has 5 nitrogen and oxygen atoms in total. The van der Waals surface area contributed by atoms with E-state index in [-0.39, 0.29) is 18.4 Å². The number of hydrogen-bond acceptors (Lipinski definition) is 4. The van der Waals surface area contributed by atoms with Crippen LogP contribution in [-0.2, 0) is 6.54 Å². The van der Waals surface area contributed by atoms with Gasteiger partial charge in [0.05, 0.1) is 24.8 Å². The minimum atomic E-state index is -0.306. The Kier molecular flexibility index (Phi) is 3.47. The summed E-state index contributed by atoms with van der Waals surface area (Å²) in [6, 6.07) is 10.3. The zero-order valence-corrected chi connectivity index (χ0v) is 12.8. The van der Waals surface area contributed by atoms with Crippen molar-refractivity contribution in [3.8, 4) is 5.75 Å². The highest BCUT2D eigenvalue weighted by atomic mass is 79.9. The van der Waals surface area contributed by atoms with Gasteiger partial charge in [-0.3, -0.25) is 14.5 Å². The van der Waals surface area contributed by atoms with Gasteiger partial charge >= 0.3 is 0 Å². The van der Waals surface area contributed by atoms with Crippen molar-refractivity contribution >= 4 is 27.7 Å². The number of carbonyl (C=O) groups excluding carboxylic acids is 2. The average Bonchev–Trinajstić information content (AvgIpc) is 2.73. The molecule has 21 heavy (non-hydrogen) atoms. The van der Waals surface area contributed by atoms with Crippen molar-refractivity contribution in [1.29, 1.82) is 0 Å². The molecule has 0 bridgehead atoms. The van der Waals surface area contributed by atoms with E-state index in [9.17, 15) is 9.59 Å². The van der Waals surface area contributed by atoms with Crippen molar-refractivity contribution in [2.75, 3.05) is 7.11 Å². The summed E-state index contributed by atoms with van der Waals surface area (Å²) in [4.78, 5) is 30.1. The lowest BCUT2D eigenvalue weighted by Gasteiger charge is -2.15. The number of fused-ring (bicyclic) bond motifs is 1. The van der Waals surface area contributed by atoms with E-state index < -0.39 is 0 Å². The largest absolute Gasteiger partial charge is 0.495 e. The van der Waals surface area contributed by atoms with Crippen LogP contribution in [0.5, 0.6) is 5.75 Å². The molecule has 0 unspecified atom stereocenters. The van der Waals surface area contributed by atoms with Crippen LogP contribution in [0.15, 0.2) is 41.0 Å². The van der Waals surface area contributed by atoms with Gasteiger partial charge in [0, 0.05) is 0 Å². The smallest absolute Gasteiger partial charge is 0.261 e. The van der Waals surface area contributed by atoms with Crippen molar-refractivity contribution in [2.45, 2.75) is 6.54 Å². The number of aromatic nitrogens is 1. The average molecular weight is 347 g/mol. The first kappa shape index (κ1) is 13.8. The van der Waals surface area contributed by atoms with Gasteiger partial charge in [-0.05, 0) is 40.2 Å². The van der Waals surface area contributed by atoms with Gasteiger partial charge in [-0.25, -0.2) is 4.98 Å². The Morgan fingerprint density at radius 1 is 1.10 bits per heavy atom. The highest BCUT2D eigenvalue weighted by Gasteiger charge is 2.35. The molecule has 0 saturated carbocycles. The van der Waals surface area contributed by atoms with Crippen molar-refractivity contribution < 1.29 is 14.3 Å². The second kappa shape index (κ2) is 5.29. The molecule has 2 aromatic rings. The quantitative estimate of drug-likeness (QED) is 0.633. The Morgan fingerprint density at radius 2 is 1.71 bits per heavy atom. The molecular weight excluding hydrogens is 336 g/mol. The molecule has 1 aliphatic rings. The normalized spacial score (nSPS) is 13.5. The van der Waals surface area contributed by atoms with Crippen LogP contribution in [-0.4, -0.2) is 28.8 Å². The van der Waals surface area contributed by atoms with Gasteiger partial charge in [-0.1, -0.05) is 12.1 Å². The maximum absolute atomic E-state index is 12.3. The number of methoxy groups -OCH3 is 1. The molecule has 2 heterocycles. The number of imide groups is 1. The first-order chi connectivity index (χ1) is 10.1. The number of nitrogens with zero attached hydrogens (tertiary/aromatic N) is 2. The lowest BCUT2D eigenvalue weighted by atomic mass is 10.1. The van der Waals surface area contributed by atoms with Crippen molar-refractivity contribution in [3.63, 3.8) is 0 Å². The third-order valence-corrected chi connectivity index (χ3v) is 3.75. The molecular formula is C15H11BrN2O3. The summed E-state index contributed by atoms with van der Waals surface area (Å²) < 4.78 is 5.85. The van der Waals surface area contributed by atoms with Crippen molar-refractivity contribution in [2.24, 2.45) is 0 Å². The predicted molar refractivity (Wildman–Crippen MR) is 79.1 cm³/mol. The van der Waals surface area contributed by atoms with E-state index in [0.29, 0.717) is 27.2 Å². The Balaban J connectivity index is 1.96.